The third-order valence-corrected chi connectivity index (χ3v) is 4.93. The first-order chi connectivity index (χ1) is 15.8. The van der Waals surface area contributed by atoms with E-state index in [0.717, 1.165) is 18.2 Å². The second kappa shape index (κ2) is 7.76. The zero-order valence-corrected chi connectivity index (χ0v) is 16.5. The number of ether oxygens (including phenoxy) is 1. The maximum atomic E-state index is 15.0. The highest BCUT2D eigenvalue weighted by Gasteiger charge is 2.31. The van der Waals surface area contributed by atoms with Gasteiger partial charge in [0.05, 0.1) is 30.3 Å². The van der Waals surface area contributed by atoms with Crippen LogP contribution in [-0.2, 0) is 6.54 Å². The number of aromatic nitrogens is 5. The van der Waals surface area contributed by atoms with Crippen LogP contribution in [-0.4, -0.2) is 30.9 Å². The van der Waals surface area contributed by atoms with E-state index in [9.17, 15) is 22.0 Å². The molecule has 0 unspecified atom stereocenters. The smallest absolute Gasteiger partial charge is 0.406 e. The van der Waals surface area contributed by atoms with Crippen molar-refractivity contribution in [2.75, 3.05) is 0 Å². The van der Waals surface area contributed by atoms with E-state index in [2.05, 4.69) is 24.7 Å². The maximum absolute atomic E-state index is 15.0. The van der Waals surface area contributed by atoms with Gasteiger partial charge in [-0.05, 0) is 36.4 Å². The number of pyridine rings is 1. The topological polar surface area (TPSA) is 65.7 Å². The number of rotatable bonds is 4. The van der Waals surface area contributed by atoms with Crippen molar-refractivity contribution in [1.29, 1.82) is 0 Å². The Bertz CT molecular complexity index is 1480. The minimum absolute atomic E-state index is 0.185. The largest absolute Gasteiger partial charge is 0.573 e. The summed E-state index contributed by atoms with van der Waals surface area (Å²) in [5, 5.41) is 0.186. The van der Waals surface area contributed by atoms with E-state index in [4.69, 9.17) is 0 Å². The van der Waals surface area contributed by atoms with E-state index in [1.54, 1.807) is 6.07 Å². The lowest BCUT2D eigenvalue weighted by Gasteiger charge is -2.10. The van der Waals surface area contributed by atoms with Crippen LogP contribution in [0.5, 0.6) is 5.75 Å². The zero-order valence-electron chi connectivity index (χ0n) is 16.5. The Kier molecular flexibility index (Phi) is 4.88. The lowest BCUT2D eigenvalue weighted by Crippen LogP contribution is -2.16. The molecule has 2 aromatic carbocycles. The highest BCUT2D eigenvalue weighted by molar-refractivity contribution is 5.80. The average Bonchev–Trinajstić information content (AvgIpc) is 3.18. The van der Waals surface area contributed by atoms with Crippen LogP contribution in [0.4, 0.5) is 22.0 Å². The minimum atomic E-state index is -4.80. The average molecular weight is 457 g/mol. The predicted molar refractivity (Wildman–Crippen MR) is 108 cm³/mol. The summed E-state index contributed by atoms with van der Waals surface area (Å²) in [5.74, 6) is -1.86. The molecule has 11 heteroatoms. The molecule has 0 amide bonds. The quantitative estimate of drug-likeness (QED) is 0.344. The van der Waals surface area contributed by atoms with E-state index in [0.29, 0.717) is 11.3 Å². The number of alkyl halides is 3. The Morgan fingerprint density at radius 2 is 1.76 bits per heavy atom. The number of hydrogen-bond acceptors (Lipinski definition) is 5. The van der Waals surface area contributed by atoms with Gasteiger partial charge in [-0.3, -0.25) is 4.98 Å². The first-order valence-electron chi connectivity index (χ1n) is 9.54. The summed E-state index contributed by atoms with van der Waals surface area (Å²) < 4.78 is 72.0. The zero-order chi connectivity index (χ0) is 23.2. The lowest BCUT2D eigenvalue weighted by molar-refractivity contribution is -0.274. The van der Waals surface area contributed by atoms with Crippen LogP contribution < -0.4 is 4.74 Å². The van der Waals surface area contributed by atoms with Crippen molar-refractivity contribution in [2.24, 2.45) is 0 Å². The van der Waals surface area contributed by atoms with Crippen LogP contribution >= 0.6 is 0 Å². The van der Waals surface area contributed by atoms with Gasteiger partial charge >= 0.3 is 6.36 Å². The molecule has 6 nitrogen and oxygen atoms in total. The summed E-state index contributed by atoms with van der Waals surface area (Å²) in [6, 6.07) is 9.33. The van der Waals surface area contributed by atoms with Gasteiger partial charge in [0.15, 0.2) is 11.3 Å². The Balaban J connectivity index is 1.50. The van der Waals surface area contributed by atoms with Crippen LogP contribution in [0, 0.1) is 11.6 Å². The number of fused-ring (bicyclic) bond motifs is 2. The Labute approximate surface area is 182 Å². The fourth-order valence-electron chi connectivity index (χ4n) is 3.43. The molecule has 0 aliphatic rings. The molecule has 5 aromatic rings. The summed E-state index contributed by atoms with van der Waals surface area (Å²) in [5.41, 5.74) is 1.34. The van der Waals surface area contributed by atoms with Crippen LogP contribution in [0.3, 0.4) is 0 Å². The number of hydrogen-bond donors (Lipinski definition) is 0. The fraction of sp³-hybridized carbons (Fsp3) is 0.0909. The molecule has 3 aromatic heterocycles. The van der Waals surface area contributed by atoms with Gasteiger partial charge < -0.3 is 9.30 Å². The molecular formula is C22H12F5N5O. The molecule has 0 radical (unpaired) electrons. The fourth-order valence-corrected chi connectivity index (χ4v) is 3.43. The lowest BCUT2D eigenvalue weighted by atomic mass is 10.1. The molecule has 0 saturated heterocycles. The molecule has 0 spiro atoms. The van der Waals surface area contributed by atoms with Gasteiger partial charge in [-0.1, -0.05) is 0 Å². The number of benzene rings is 2. The molecule has 0 saturated carbocycles. The molecule has 3 heterocycles. The second-order valence-electron chi connectivity index (χ2n) is 7.07. The third kappa shape index (κ3) is 4.04. The van der Waals surface area contributed by atoms with Crippen molar-refractivity contribution in [3.05, 3.63) is 78.4 Å². The molecular weight excluding hydrogens is 445 g/mol. The van der Waals surface area contributed by atoms with Crippen LogP contribution in [0.1, 0.15) is 5.56 Å². The summed E-state index contributed by atoms with van der Waals surface area (Å²) in [7, 11) is 0. The highest BCUT2D eigenvalue weighted by Crippen LogP contribution is 2.27. The number of nitrogens with zero attached hydrogens (tertiary/aromatic N) is 5. The van der Waals surface area contributed by atoms with Gasteiger partial charge in [0.25, 0.3) is 0 Å². The second-order valence-corrected chi connectivity index (χ2v) is 7.07. The molecule has 0 N–H and O–H groups in total. The maximum Gasteiger partial charge on any atom is 0.573 e. The molecule has 0 atom stereocenters. The summed E-state index contributed by atoms with van der Waals surface area (Å²) in [6.45, 7) is -0.199. The van der Waals surface area contributed by atoms with Crippen molar-refractivity contribution >= 4 is 22.2 Å². The van der Waals surface area contributed by atoms with E-state index in [1.807, 2.05) is 0 Å². The minimum Gasteiger partial charge on any atom is -0.406 e. The molecule has 0 aliphatic carbocycles. The Morgan fingerprint density at radius 1 is 0.970 bits per heavy atom. The molecule has 0 bridgehead atoms. The normalized spacial score (nSPS) is 11.9. The first kappa shape index (κ1) is 20.7. The number of halogens is 5. The highest BCUT2D eigenvalue weighted by atomic mass is 19.4. The summed E-state index contributed by atoms with van der Waals surface area (Å²) in [6.07, 6.45) is -0.581. The molecule has 33 heavy (non-hydrogen) atoms. The van der Waals surface area contributed by atoms with Crippen LogP contribution in [0.15, 0.2) is 61.2 Å². The van der Waals surface area contributed by atoms with Gasteiger partial charge in [-0.25, -0.2) is 23.7 Å². The SMILES string of the molecule is Fc1cc2ncccc2c(F)c1Cn1cnc2ncc(-c3ccc(OC(F)(F)F)cc3)nc21. The predicted octanol–water partition coefficient (Wildman–Crippen LogP) is 5.27. The van der Waals surface area contributed by atoms with Crippen molar-refractivity contribution in [3.63, 3.8) is 0 Å². The summed E-state index contributed by atoms with van der Waals surface area (Å²) in [4.78, 5) is 16.7. The van der Waals surface area contributed by atoms with Gasteiger partial charge in [-0.2, -0.15) is 0 Å². The van der Waals surface area contributed by atoms with Gasteiger partial charge in [0, 0.05) is 28.8 Å². The van der Waals surface area contributed by atoms with E-state index in [-0.39, 0.29) is 40.1 Å². The number of imidazole rings is 1. The summed E-state index contributed by atoms with van der Waals surface area (Å²) >= 11 is 0. The van der Waals surface area contributed by atoms with Gasteiger partial charge in [-0.15, -0.1) is 13.2 Å². The monoisotopic (exact) mass is 457 g/mol. The van der Waals surface area contributed by atoms with E-state index < -0.39 is 18.0 Å². The van der Waals surface area contributed by atoms with Crippen molar-refractivity contribution < 1.29 is 26.7 Å². The molecule has 0 aliphatic heterocycles. The van der Waals surface area contributed by atoms with Gasteiger partial charge in [0.1, 0.15) is 17.4 Å². The van der Waals surface area contributed by atoms with E-state index in [1.165, 1.54) is 41.5 Å². The third-order valence-electron chi connectivity index (χ3n) is 4.93. The van der Waals surface area contributed by atoms with Crippen molar-refractivity contribution in [2.45, 2.75) is 12.9 Å². The van der Waals surface area contributed by atoms with E-state index >= 15 is 0 Å². The van der Waals surface area contributed by atoms with Crippen molar-refractivity contribution in [3.8, 4) is 17.0 Å². The molecule has 0 fully saturated rings. The van der Waals surface area contributed by atoms with Crippen LogP contribution in [0.2, 0.25) is 0 Å². The van der Waals surface area contributed by atoms with Crippen LogP contribution in [0.25, 0.3) is 33.5 Å². The Hall–Kier alpha value is -4.15. The first-order valence-corrected chi connectivity index (χ1v) is 9.54. The molecule has 166 valence electrons. The standard InChI is InChI=1S/C22H12F5N5O/c23-16-8-17-14(2-1-7-28-17)19(24)15(16)10-32-11-30-20-21(32)31-18(9-29-20)12-3-5-13(6-4-12)33-22(25,26)27/h1-9,11H,10H2. The van der Waals surface area contributed by atoms with Crippen molar-refractivity contribution in [1.82, 2.24) is 24.5 Å². The van der Waals surface area contributed by atoms with Gasteiger partial charge in [0.2, 0.25) is 0 Å². The Morgan fingerprint density at radius 3 is 2.52 bits per heavy atom. The molecule has 5 rings (SSSR count).